The summed E-state index contributed by atoms with van der Waals surface area (Å²) < 4.78 is 71.7. The van der Waals surface area contributed by atoms with E-state index >= 15 is 0 Å². The summed E-state index contributed by atoms with van der Waals surface area (Å²) in [5.41, 5.74) is -4.87. The summed E-state index contributed by atoms with van der Waals surface area (Å²) in [6, 6.07) is 0. The first-order valence-electron chi connectivity index (χ1n) is 3.45. The van der Waals surface area contributed by atoms with Crippen LogP contribution in [0.1, 0.15) is 6.92 Å². The quantitative estimate of drug-likeness (QED) is 0.700. The van der Waals surface area contributed by atoms with Gasteiger partial charge >= 0.3 is 12.4 Å². The number of aliphatic hydroxyl groups is 2. The second-order valence-corrected chi connectivity index (χ2v) is 2.85. The molecule has 14 heavy (non-hydrogen) atoms. The molecule has 0 aliphatic carbocycles. The van der Waals surface area contributed by atoms with Gasteiger partial charge in [-0.25, -0.2) is 0 Å². The molecule has 0 aliphatic heterocycles. The number of halogens is 6. The van der Waals surface area contributed by atoms with Crippen LogP contribution in [0, 0.1) is 5.92 Å². The fourth-order valence-electron chi connectivity index (χ4n) is 0.852. The predicted molar refractivity (Wildman–Crippen MR) is 33.3 cm³/mol. The summed E-state index contributed by atoms with van der Waals surface area (Å²) in [5.74, 6) is -2.37. The Labute approximate surface area is 75.1 Å². The Bertz CT molecular complexity index is 181. The van der Waals surface area contributed by atoms with Crippen LogP contribution >= 0.6 is 0 Å². The van der Waals surface area contributed by atoms with E-state index in [9.17, 15) is 26.3 Å². The van der Waals surface area contributed by atoms with Crippen LogP contribution in [0.5, 0.6) is 0 Å². The summed E-state index contributed by atoms with van der Waals surface area (Å²) >= 11 is 0. The molecule has 0 saturated carbocycles. The first-order valence-corrected chi connectivity index (χ1v) is 3.45. The number of alkyl halides is 6. The Kier molecular flexibility index (Phi) is 3.45. The van der Waals surface area contributed by atoms with Gasteiger partial charge in [-0.1, -0.05) is 6.92 Å². The predicted octanol–water partition coefficient (Wildman–Crippen LogP) is 1.47. The van der Waals surface area contributed by atoms with Gasteiger partial charge in [-0.15, -0.1) is 0 Å². The van der Waals surface area contributed by atoms with Crippen molar-refractivity contribution in [2.75, 3.05) is 6.61 Å². The molecule has 8 heteroatoms. The molecule has 0 aliphatic rings. The molecule has 0 aromatic heterocycles. The zero-order chi connectivity index (χ0) is 11.8. The van der Waals surface area contributed by atoms with E-state index in [1.54, 1.807) is 0 Å². The molecule has 0 radical (unpaired) electrons. The second kappa shape index (κ2) is 3.58. The number of rotatable bonds is 2. The lowest BCUT2D eigenvalue weighted by Gasteiger charge is -2.36. The number of aliphatic hydroxyl groups excluding tert-OH is 1. The van der Waals surface area contributed by atoms with Gasteiger partial charge in [0.25, 0.3) is 5.60 Å². The van der Waals surface area contributed by atoms with Crippen LogP contribution < -0.4 is 0 Å². The molecule has 0 saturated heterocycles. The molecule has 0 aromatic carbocycles. The third kappa shape index (κ3) is 1.95. The molecular formula is C6H8F6O2. The van der Waals surface area contributed by atoms with Crippen molar-refractivity contribution in [1.29, 1.82) is 0 Å². The van der Waals surface area contributed by atoms with Crippen LogP contribution in [0.2, 0.25) is 0 Å². The van der Waals surface area contributed by atoms with E-state index in [1.165, 1.54) is 0 Å². The maximum Gasteiger partial charge on any atom is 0.426 e. The highest BCUT2D eigenvalue weighted by Gasteiger charge is 2.72. The smallest absolute Gasteiger partial charge is 0.396 e. The van der Waals surface area contributed by atoms with Crippen LogP contribution in [0.15, 0.2) is 0 Å². The summed E-state index contributed by atoms with van der Waals surface area (Å²) in [4.78, 5) is 0. The maximum absolute atomic E-state index is 12.0. The molecule has 1 atom stereocenters. The monoisotopic (exact) mass is 226 g/mol. The Morgan fingerprint density at radius 1 is 1.00 bits per heavy atom. The van der Waals surface area contributed by atoms with E-state index < -0.39 is 30.5 Å². The van der Waals surface area contributed by atoms with Gasteiger partial charge in [0.05, 0.1) is 0 Å². The van der Waals surface area contributed by atoms with Crippen LogP contribution in [0.25, 0.3) is 0 Å². The van der Waals surface area contributed by atoms with Gasteiger partial charge in [-0.2, -0.15) is 26.3 Å². The number of hydrogen-bond donors (Lipinski definition) is 2. The van der Waals surface area contributed by atoms with Crippen molar-refractivity contribution >= 4 is 0 Å². The van der Waals surface area contributed by atoms with Gasteiger partial charge in [-0.05, 0) is 0 Å². The first kappa shape index (κ1) is 13.5. The Hall–Kier alpha value is -0.500. The summed E-state index contributed by atoms with van der Waals surface area (Å²) in [6.07, 6.45) is -11.7. The lowest BCUT2D eigenvalue weighted by atomic mass is 9.88. The summed E-state index contributed by atoms with van der Waals surface area (Å²) in [5, 5.41) is 16.8. The van der Waals surface area contributed by atoms with Crippen LogP contribution in [0.3, 0.4) is 0 Å². The maximum atomic E-state index is 12.0. The Morgan fingerprint density at radius 2 is 1.29 bits per heavy atom. The van der Waals surface area contributed by atoms with Crippen molar-refractivity contribution in [3.8, 4) is 0 Å². The van der Waals surface area contributed by atoms with Crippen molar-refractivity contribution in [2.45, 2.75) is 24.9 Å². The molecule has 0 unspecified atom stereocenters. The fourth-order valence-corrected chi connectivity index (χ4v) is 0.852. The summed E-state index contributed by atoms with van der Waals surface area (Å²) in [7, 11) is 0. The fraction of sp³-hybridized carbons (Fsp3) is 1.00. The minimum Gasteiger partial charge on any atom is -0.396 e. The van der Waals surface area contributed by atoms with Crippen LogP contribution in [-0.2, 0) is 0 Å². The van der Waals surface area contributed by atoms with Crippen molar-refractivity contribution in [3.05, 3.63) is 0 Å². The molecule has 0 heterocycles. The normalized spacial score (nSPS) is 16.9. The standard InChI is InChI=1S/C6H8F6O2/c1-3(2-13)4(14,5(7,8)9)6(10,11)12/h3,13-14H,2H2,1H3/t3-/m1/s1. The largest absolute Gasteiger partial charge is 0.426 e. The molecule has 2 nitrogen and oxygen atoms in total. The van der Waals surface area contributed by atoms with E-state index in [-0.39, 0.29) is 0 Å². The van der Waals surface area contributed by atoms with Crippen LogP contribution in [-0.4, -0.2) is 34.8 Å². The minimum absolute atomic E-state index is 0.459. The SMILES string of the molecule is C[C@H](CO)C(O)(C(F)(F)F)C(F)(F)F. The first-order chi connectivity index (χ1) is 5.98. The van der Waals surface area contributed by atoms with Gasteiger partial charge in [0.2, 0.25) is 0 Å². The third-order valence-corrected chi connectivity index (χ3v) is 1.85. The van der Waals surface area contributed by atoms with E-state index in [4.69, 9.17) is 10.2 Å². The molecule has 2 N–H and O–H groups in total. The molecule has 86 valence electrons. The zero-order valence-corrected chi connectivity index (χ0v) is 6.95. The van der Waals surface area contributed by atoms with Gasteiger partial charge in [0.1, 0.15) is 0 Å². The van der Waals surface area contributed by atoms with Crippen molar-refractivity contribution in [3.63, 3.8) is 0 Å². The molecule has 0 rings (SSSR count). The Balaban J connectivity index is 5.29. The molecule has 0 fully saturated rings. The second-order valence-electron chi connectivity index (χ2n) is 2.85. The average molecular weight is 226 g/mol. The van der Waals surface area contributed by atoms with Gasteiger partial charge in [-0.3, -0.25) is 0 Å². The Morgan fingerprint density at radius 3 is 1.36 bits per heavy atom. The highest BCUT2D eigenvalue weighted by atomic mass is 19.4. The lowest BCUT2D eigenvalue weighted by Crippen LogP contribution is -2.61. The minimum atomic E-state index is -5.87. The van der Waals surface area contributed by atoms with Crippen molar-refractivity contribution in [2.24, 2.45) is 5.92 Å². The molecular weight excluding hydrogens is 218 g/mol. The third-order valence-electron chi connectivity index (χ3n) is 1.85. The van der Waals surface area contributed by atoms with Gasteiger partial charge < -0.3 is 10.2 Å². The lowest BCUT2D eigenvalue weighted by molar-refractivity contribution is -0.385. The van der Waals surface area contributed by atoms with E-state index in [1.807, 2.05) is 0 Å². The van der Waals surface area contributed by atoms with Gasteiger partial charge in [0.15, 0.2) is 0 Å². The van der Waals surface area contributed by atoms with E-state index in [0.29, 0.717) is 6.92 Å². The van der Waals surface area contributed by atoms with E-state index in [0.717, 1.165) is 0 Å². The highest BCUT2D eigenvalue weighted by molar-refractivity contribution is 4.97. The topological polar surface area (TPSA) is 40.5 Å². The number of hydrogen-bond acceptors (Lipinski definition) is 2. The van der Waals surface area contributed by atoms with Gasteiger partial charge in [0, 0.05) is 12.5 Å². The van der Waals surface area contributed by atoms with E-state index in [2.05, 4.69) is 0 Å². The molecule has 0 spiro atoms. The van der Waals surface area contributed by atoms with Crippen LogP contribution in [0.4, 0.5) is 26.3 Å². The molecule has 0 amide bonds. The average Bonchev–Trinajstić information content (AvgIpc) is 1.97. The van der Waals surface area contributed by atoms with Crippen molar-refractivity contribution in [1.82, 2.24) is 0 Å². The zero-order valence-electron chi connectivity index (χ0n) is 6.95. The molecule has 0 bridgehead atoms. The summed E-state index contributed by atoms with van der Waals surface area (Å²) in [6.45, 7) is -0.962. The van der Waals surface area contributed by atoms with Crippen molar-refractivity contribution < 1.29 is 36.6 Å². The highest BCUT2D eigenvalue weighted by Crippen LogP contribution is 2.47. The molecule has 0 aromatic rings.